The Labute approximate surface area is 141 Å². The van der Waals surface area contributed by atoms with Crippen LogP contribution in [0.15, 0.2) is 54.9 Å². The molecule has 4 nitrogen and oxygen atoms in total. The third-order valence-corrected chi connectivity index (χ3v) is 4.90. The number of aryl methyl sites for hydroxylation is 1. The zero-order chi connectivity index (χ0) is 16.5. The van der Waals surface area contributed by atoms with Crippen molar-refractivity contribution in [3.63, 3.8) is 0 Å². The second kappa shape index (κ2) is 6.11. The van der Waals surface area contributed by atoms with Gasteiger partial charge in [-0.05, 0) is 29.2 Å². The Kier molecular flexibility index (Phi) is 3.81. The van der Waals surface area contributed by atoms with E-state index in [0.29, 0.717) is 6.42 Å². The third kappa shape index (κ3) is 2.68. The van der Waals surface area contributed by atoms with Crippen molar-refractivity contribution < 1.29 is 4.79 Å². The predicted octanol–water partition coefficient (Wildman–Crippen LogP) is 3.48. The monoisotopic (exact) mass is 319 g/mol. The summed E-state index contributed by atoms with van der Waals surface area (Å²) in [6.07, 6.45) is 6.44. The molecule has 122 valence electrons. The van der Waals surface area contributed by atoms with Crippen molar-refractivity contribution in [1.29, 1.82) is 0 Å². The Morgan fingerprint density at radius 1 is 1.21 bits per heavy atom. The van der Waals surface area contributed by atoms with E-state index in [2.05, 4.69) is 29.4 Å². The van der Waals surface area contributed by atoms with Gasteiger partial charge in [0.2, 0.25) is 5.91 Å². The fourth-order valence-corrected chi connectivity index (χ4v) is 3.74. The molecule has 1 aliphatic heterocycles. The van der Waals surface area contributed by atoms with Gasteiger partial charge in [0.1, 0.15) is 0 Å². The lowest BCUT2D eigenvalue weighted by molar-refractivity contribution is -0.131. The Balaban J connectivity index is 1.59. The molecule has 1 aromatic heterocycles. The highest BCUT2D eigenvalue weighted by Gasteiger charge is 2.30. The molecule has 0 spiro atoms. The van der Waals surface area contributed by atoms with Gasteiger partial charge in [-0.1, -0.05) is 42.5 Å². The van der Waals surface area contributed by atoms with Crippen molar-refractivity contribution in [2.75, 3.05) is 6.54 Å². The molecule has 4 heteroatoms. The molecule has 2 heterocycles. The summed E-state index contributed by atoms with van der Waals surface area (Å²) in [6.45, 7) is 0.836. The smallest absolute Gasteiger partial charge is 0.227 e. The lowest BCUT2D eigenvalue weighted by Crippen LogP contribution is -2.31. The highest BCUT2D eigenvalue weighted by atomic mass is 16.2. The summed E-state index contributed by atoms with van der Waals surface area (Å²) in [5, 5.41) is 6.62. The van der Waals surface area contributed by atoms with Crippen molar-refractivity contribution in [1.82, 2.24) is 14.7 Å². The van der Waals surface area contributed by atoms with E-state index < -0.39 is 0 Å². The van der Waals surface area contributed by atoms with Crippen LogP contribution in [0.5, 0.6) is 0 Å². The minimum absolute atomic E-state index is 0.168. The van der Waals surface area contributed by atoms with Crippen LogP contribution in [0.2, 0.25) is 0 Å². The first-order chi connectivity index (χ1) is 11.7. The first kappa shape index (κ1) is 14.9. The van der Waals surface area contributed by atoms with Crippen LogP contribution in [0.25, 0.3) is 10.8 Å². The van der Waals surface area contributed by atoms with Crippen LogP contribution in [0.4, 0.5) is 0 Å². The molecule has 0 N–H and O–H groups in total. The number of amides is 1. The molecular weight excluding hydrogens is 298 g/mol. The van der Waals surface area contributed by atoms with Crippen LogP contribution in [0.3, 0.4) is 0 Å². The molecule has 1 atom stereocenters. The van der Waals surface area contributed by atoms with Crippen molar-refractivity contribution in [3.05, 3.63) is 66.0 Å². The first-order valence-electron chi connectivity index (χ1n) is 8.47. The Morgan fingerprint density at radius 2 is 2.04 bits per heavy atom. The Morgan fingerprint density at radius 3 is 2.88 bits per heavy atom. The molecule has 0 aliphatic carbocycles. The minimum Gasteiger partial charge on any atom is -0.335 e. The van der Waals surface area contributed by atoms with Gasteiger partial charge in [-0.15, -0.1) is 0 Å². The summed E-state index contributed by atoms with van der Waals surface area (Å²) in [4.78, 5) is 15.0. The van der Waals surface area contributed by atoms with Crippen molar-refractivity contribution in [2.24, 2.45) is 7.05 Å². The summed E-state index contributed by atoms with van der Waals surface area (Å²) in [5.41, 5.74) is 2.25. The lowest BCUT2D eigenvalue weighted by atomic mass is 10.0. The number of likely N-dealkylation sites (tertiary alicyclic amines) is 1. The number of fused-ring (bicyclic) bond motifs is 1. The third-order valence-electron chi connectivity index (χ3n) is 4.90. The molecule has 1 aliphatic rings. The van der Waals surface area contributed by atoms with E-state index in [4.69, 9.17) is 0 Å². The molecule has 0 saturated carbocycles. The standard InChI is InChI=1S/C20H21N3O/c1-22-14-17(13-21-22)19-10-5-11-23(19)20(24)12-16-8-4-7-15-6-2-3-9-18(15)16/h2-4,6-9,13-14,19H,5,10-12H2,1H3. The van der Waals surface area contributed by atoms with Gasteiger partial charge in [0.15, 0.2) is 0 Å². The van der Waals surface area contributed by atoms with Gasteiger partial charge < -0.3 is 4.90 Å². The molecule has 1 saturated heterocycles. The van der Waals surface area contributed by atoms with E-state index in [0.717, 1.165) is 30.5 Å². The normalized spacial score (nSPS) is 17.5. The maximum absolute atomic E-state index is 12.9. The van der Waals surface area contributed by atoms with Crippen molar-refractivity contribution in [3.8, 4) is 0 Å². The summed E-state index contributed by atoms with van der Waals surface area (Å²) in [6, 6.07) is 14.6. The van der Waals surface area contributed by atoms with Crippen LogP contribution in [0, 0.1) is 0 Å². The number of rotatable bonds is 3. The average Bonchev–Trinajstić information content (AvgIpc) is 3.24. The number of benzene rings is 2. The molecule has 1 fully saturated rings. The van der Waals surface area contributed by atoms with Gasteiger partial charge in [0, 0.05) is 25.4 Å². The lowest BCUT2D eigenvalue weighted by Gasteiger charge is -2.24. The van der Waals surface area contributed by atoms with E-state index in [1.807, 2.05) is 42.5 Å². The number of nitrogens with zero attached hydrogens (tertiary/aromatic N) is 3. The molecule has 2 aromatic carbocycles. The van der Waals surface area contributed by atoms with Crippen LogP contribution >= 0.6 is 0 Å². The van der Waals surface area contributed by atoms with Crippen molar-refractivity contribution >= 4 is 16.7 Å². The number of hydrogen-bond acceptors (Lipinski definition) is 2. The van der Waals surface area contributed by atoms with Gasteiger partial charge >= 0.3 is 0 Å². The molecule has 4 rings (SSSR count). The Bertz CT molecular complexity index is 878. The van der Waals surface area contributed by atoms with Gasteiger partial charge in [0.05, 0.1) is 18.7 Å². The van der Waals surface area contributed by atoms with Crippen LogP contribution < -0.4 is 0 Å². The van der Waals surface area contributed by atoms with Gasteiger partial charge in [-0.2, -0.15) is 5.10 Å². The quantitative estimate of drug-likeness (QED) is 0.741. The van der Waals surface area contributed by atoms with Gasteiger partial charge in [-0.3, -0.25) is 9.48 Å². The second-order valence-electron chi connectivity index (χ2n) is 6.51. The van der Waals surface area contributed by atoms with E-state index in [1.54, 1.807) is 4.68 Å². The second-order valence-corrected chi connectivity index (χ2v) is 6.51. The topological polar surface area (TPSA) is 38.1 Å². The van der Waals surface area contributed by atoms with Crippen LogP contribution in [0.1, 0.15) is 30.0 Å². The number of carbonyl (C=O) groups excluding carboxylic acids is 1. The SMILES string of the molecule is Cn1cc(C2CCCN2C(=O)Cc2cccc3ccccc23)cn1. The summed E-state index contributed by atoms with van der Waals surface area (Å²) >= 11 is 0. The molecule has 1 unspecified atom stereocenters. The zero-order valence-corrected chi connectivity index (χ0v) is 13.9. The van der Waals surface area contributed by atoms with E-state index >= 15 is 0 Å². The summed E-state index contributed by atoms with van der Waals surface area (Å²) < 4.78 is 1.81. The highest BCUT2D eigenvalue weighted by Crippen LogP contribution is 2.32. The minimum atomic E-state index is 0.168. The van der Waals surface area contributed by atoms with E-state index in [9.17, 15) is 4.79 Å². The van der Waals surface area contributed by atoms with E-state index in [1.165, 1.54) is 10.8 Å². The molecule has 0 radical (unpaired) electrons. The van der Waals surface area contributed by atoms with Crippen LogP contribution in [-0.2, 0) is 18.3 Å². The molecule has 24 heavy (non-hydrogen) atoms. The molecular formula is C20H21N3O. The van der Waals surface area contributed by atoms with Gasteiger partial charge in [0.25, 0.3) is 0 Å². The highest BCUT2D eigenvalue weighted by molar-refractivity contribution is 5.90. The maximum Gasteiger partial charge on any atom is 0.227 e. The summed E-state index contributed by atoms with van der Waals surface area (Å²) in [5.74, 6) is 0.206. The van der Waals surface area contributed by atoms with Crippen LogP contribution in [-0.4, -0.2) is 27.1 Å². The summed E-state index contributed by atoms with van der Waals surface area (Å²) in [7, 11) is 1.92. The first-order valence-corrected chi connectivity index (χ1v) is 8.47. The van der Waals surface area contributed by atoms with Crippen molar-refractivity contribution in [2.45, 2.75) is 25.3 Å². The molecule has 3 aromatic rings. The predicted molar refractivity (Wildman–Crippen MR) is 94.5 cm³/mol. The number of hydrogen-bond donors (Lipinski definition) is 0. The zero-order valence-electron chi connectivity index (χ0n) is 13.9. The fourth-order valence-electron chi connectivity index (χ4n) is 3.74. The average molecular weight is 319 g/mol. The maximum atomic E-state index is 12.9. The molecule has 1 amide bonds. The van der Waals surface area contributed by atoms with E-state index in [-0.39, 0.29) is 11.9 Å². The molecule has 0 bridgehead atoms. The number of carbonyl (C=O) groups is 1. The largest absolute Gasteiger partial charge is 0.335 e. The number of aromatic nitrogens is 2. The van der Waals surface area contributed by atoms with Gasteiger partial charge in [-0.25, -0.2) is 0 Å². The fraction of sp³-hybridized carbons (Fsp3) is 0.300. The Hall–Kier alpha value is -2.62.